The number of nitrogens with one attached hydrogen (secondary N) is 1. The molecular formula is C12H10N2O2. The summed E-state index contributed by atoms with van der Waals surface area (Å²) in [6.07, 6.45) is 5.35. The second-order valence-corrected chi connectivity index (χ2v) is 3.77. The third-order valence-electron chi connectivity index (χ3n) is 2.75. The number of nitrogens with zero attached hydrogens (tertiary/aromatic N) is 1. The lowest BCUT2D eigenvalue weighted by Crippen LogP contribution is -2.32. The highest BCUT2D eigenvalue weighted by Crippen LogP contribution is 2.22. The topological polar surface area (TPSA) is 54.3 Å². The fraction of sp³-hybridized carbons (Fsp3) is 0.0833. The number of para-hydroxylation sites is 1. The highest BCUT2D eigenvalue weighted by Gasteiger charge is 2.17. The van der Waals surface area contributed by atoms with Crippen molar-refractivity contribution in [3.8, 4) is 0 Å². The third-order valence-corrected chi connectivity index (χ3v) is 2.75. The van der Waals surface area contributed by atoms with Gasteiger partial charge in [0, 0.05) is 17.1 Å². The van der Waals surface area contributed by atoms with Crippen LogP contribution in [0.1, 0.15) is 5.56 Å². The molecule has 4 heteroatoms. The van der Waals surface area contributed by atoms with Crippen molar-refractivity contribution >= 4 is 22.9 Å². The SMILES string of the molecule is O=C(O)C1C=Cc2cccc3ccn(c23)N1. The van der Waals surface area contributed by atoms with Gasteiger partial charge in [0.2, 0.25) is 0 Å². The van der Waals surface area contributed by atoms with E-state index in [2.05, 4.69) is 5.43 Å². The molecule has 3 rings (SSSR count). The van der Waals surface area contributed by atoms with Crippen molar-refractivity contribution in [3.05, 3.63) is 42.1 Å². The summed E-state index contributed by atoms with van der Waals surface area (Å²) in [5.41, 5.74) is 4.98. The van der Waals surface area contributed by atoms with Gasteiger partial charge in [-0.2, -0.15) is 0 Å². The molecule has 2 heterocycles. The van der Waals surface area contributed by atoms with Gasteiger partial charge < -0.3 is 10.5 Å². The maximum absolute atomic E-state index is 11.0. The highest BCUT2D eigenvalue weighted by molar-refractivity contribution is 5.91. The first-order valence-corrected chi connectivity index (χ1v) is 5.03. The zero-order chi connectivity index (χ0) is 11.1. The summed E-state index contributed by atoms with van der Waals surface area (Å²) in [6.45, 7) is 0. The van der Waals surface area contributed by atoms with Crippen LogP contribution >= 0.6 is 0 Å². The van der Waals surface area contributed by atoms with Gasteiger partial charge in [-0.15, -0.1) is 0 Å². The van der Waals surface area contributed by atoms with Crippen molar-refractivity contribution in [1.29, 1.82) is 0 Å². The van der Waals surface area contributed by atoms with Crippen LogP contribution in [0, 0.1) is 0 Å². The summed E-state index contributed by atoms with van der Waals surface area (Å²) >= 11 is 0. The molecule has 0 radical (unpaired) electrons. The van der Waals surface area contributed by atoms with E-state index < -0.39 is 12.0 Å². The number of aliphatic carboxylic acids is 1. The van der Waals surface area contributed by atoms with Crippen molar-refractivity contribution in [2.75, 3.05) is 5.43 Å². The predicted molar refractivity (Wildman–Crippen MR) is 61.8 cm³/mol. The number of benzene rings is 1. The van der Waals surface area contributed by atoms with Gasteiger partial charge in [-0.3, -0.25) is 4.68 Å². The van der Waals surface area contributed by atoms with E-state index in [1.807, 2.05) is 36.5 Å². The minimum Gasteiger partial charge on any atom is -0.479 e. The maximum Gasteiger partial charge on any atom is 0.331 e. The van der Waals surface area contributed by atoms with Gasteiger partial charge in [0.15, 0.2) is 6.04 Å². The Bertz CT molecular complexity index is 598. The average Bonchev–Trinajstić information content (AvgIpc) is 2.56. The molecule has 1 aliphatic heterocycles. The standard InChI is InChI=1S/C12H10N2O2/c15-12(16)10-5-4-8-2-1-3-9-6-7-14(13-10)11(8)9/h1-7,10,13H,(H,15,16). The molecule has 1 atom stereocenters. The first-order valence-electron chi connectivity index (χ1n) is 5.03. The molecular weight excluding hydrogens is 204 g/mol. The lowest BCUT2D eigenvalue weighted by Gasteiger charge is -2.12. The molecule has 0 saturated heterocycles. The third kappa shape index (κ3) is 1.20. The van der Waals surface area contributed by atoms with Crippen molar-refractivity contribution in [2.45, 2.75) is 6.04 Å². The fourth-order valence-corrected chi connectivity index (χ4v) is 1.99. The second-order valence-electron chi connectivity index (χ2n) is 3.77. The Hall–Kier alpha value is -2.23. The molecule has 1 unspecified atom stereocenters. The highest BCUT2D eigenvalue weighted by atomic mass is 16.4. The van der Waals surface area contributed by atoms with E-state index in [4.69, 9.17) is 5.11 Å². The van der Waals surface area contributed by atoms with Crippen LogP contribution in [0.2, 0.25) is 0 Å². The van der Waals surface area contributed by atoms with Gasteiger partial charge in [0.1, 0.15) is 0 Å². The Balaban J connectivity index is 2.24. The fourth-order valence-electron chi connectivity index (χ4n) is 1.99. The molecule has 0 saturated carbocycles. The number of rotatable bonds is 1. The predicted octanol–water partition coefficient (Wildman–Crippen LogP) is 1.66. The normalized spacial score (nSPS) is 18.1. The van der Waals surface area contributed by atoms with E-state index in [-0.39, 0.29) is 0 Å². The van der Waals surface area contributed by atoms with E-state index in [0.717, 1.165) is 16.5 Å². The minimum absolute atomic E-state index is 0.692. The minimum atomic E-state index is -0.883. The quantitative estimate of drug-likeness (QED) is 0.759. The van der Waals surface area contributed by atoms with Crippen molar-refractivity contribution in [3.63, 3.8) is 0 Å². The summed E-state index contributed by atoms with van der Waals surface area (Å²) in [7, 11) is 0. The van der Waals surface area contributed by atoms with Crippen LogP contribution in [0.4, 0.5) is 0 Å². The van der Waals surface area contributed by atoms with Crippen LogP contribution in [0.25, 0.3) is 17.0 Å². The number of hydrogen-bond acceptors (Lipinski definition) is 2. The molecule has 2 N–H and O–H groups in total. The zero-order valence-corrected chi connectivity index (χ0v) is 8.42. The first-order chi connectivity index (χ1) is 7.75. The number of aromatic nitrogens is 1. The Labute approximate surface area is 91.8 Å². The van der Waals surface area contributed by atoms with E-state index in [1.54, 1.807) is 10.8 Å². The Kier molecular flexibility index (Phi) is 1.77. The van der Waals surface area contributed by atoms with Crippen molar-refractivity contribution in [2.24, 2.45) is 0 Å². The molecule has 0 spiro atoms. The molecule has 1 aliphatic rings. The van der Waals surface area contributed by atoms with Crippen LogP contribution in [0.5, 0.6) is 0 Å². The summed E-state index contributed by atoms with van der Waals surface area (Å²) in [4.78, 5) is 11.0. The lowest BCUT2D eigenvalue weighted by molar-refractivity contribution is -0.137. The Morgan fingerprint density at radius 3 is 3.06 bits per heavy atom. The van der Waals surface area contributed by atoms with Gasteiger partial charge in [-0.25, -0.2) is 4.79 Å². The maximum atomic E-state index is 11.0. The molecule has 4 nitrogen and oxygen atoms in total. The van der Waals surface area contributed by atoms with Gasteiger partial charge in [0.25, 0.3) is 0 Å². The number of carboxylic acids is 1. The second kappa shape index (κ2) is 3.13. The van der Waals surface area contributed by atoms with Crippen LogP contribution in [0.15, 0.2) is 36.5 Å². The molecule has 80 valence electrons. The number of hydrogen-bond donors (Lipinski definition) is 2. The summed E-state index contributed by atoms with van der Waals surface area (Å²) in [5.74, 6) is -0.883. The summed E-state index contributed by atoms with van der Waals surface area (Å²) in [6, 6.07) is 7.22. The molecule has 0 amide bonds. The molecule has 16 heavy (non-hydrogen) atoms. The van der Waals surface area contributed by atoms with Gasteiger partial charge >= 0.3 is 5.97 Å². The van der Waals surface area contributed by atoms with E-state index in [9.17, 15) is 4.79 Å². The zero-order valence-electron chi connectivity index (χ0n) is 8.42. The summed E-state index contributed by atoms with van der Waals surface area (Å²) < 4.78 is 1.77. The van der Waals surface area contributed by atoms with E-state index in [0.29, 0.717) is 0 Å². The first kappa shape index (κ1) is 9.03. The van der Waals surface area contributed by atoms with Gasteiger partial charge in [-0.05, 0) is 12.1 Å². The van der Waals surface area contributed by atoms with E-state index in [1.165, 1.54) is 0 Å². The van der Waals surface area contributed by atoms with Crippen LogP contribution in [-0.4, -0.2) is 21.8 Å². The van der Waals surface area contributed by atoms with Crippen LogP contribution < -0.4 is 5.43 Å². The molecule has 1 aromatic carbocycles. The average molecular weight is 214 g/mol. The monoisotopic (exact) mass is 214 g/mol. The Morgan fingerprint density at radius 1 is 1.38 bits per heavy atom. The van der Waals surface area contributed by atoms with Crippen molar-refractivity contribution in [1.82, 2.24) is 4.68 Å². The van der Waals surface area contributed by atoms with Crippen molar-refractivity contribution < 1.29 is 9.90 Å². The Morgan fingerprint density at radius 2 is 2.25 bits per heavy atom. The summed E-state index contributed by atoms with van der Waals surface area (Å²) in [5, 5.41) is 10.1. The molecule has 0 fully saturated rings. The molecule has 0 aliphatic carbocycles. The molecule has 1 aromatic heterocycles. The lowest BCUT2D eigenvalue weighted by atomic mass is 10.1. The van der Waals surface area contributed by atoms with Crippen LogP contribution in [-0.2, 0) is 4.79 Å². The number of carbonyl (C=O) groups is 1. The molecule has 0 bridgehead atoms. The number of carboxylic acid groups (broad SMARTS) is 1. The largest absolute Gasteiger partial charge is 0.479 e. The van der Waals surface area contributed by atoms with Crippen LogP contribution in [0.3, 0.4) is 0 Å². The van der Waals surface area contributed by atoms with Gasteiger partial charge in [0.05, 0.1) is 5.52 Å². The molecule has 2 aromatic rings. The van der Waals surface area contributed by atoms with Gasteiger partial charge in [-0.1, -0.05) is 24.3 Å². The van der Waals surface area contributed by atoms with E-state index >= 15 is 0 Å². The smallest absolute Gasteiger partial charge is 0.331 e.